The Balaban J connectivity index is 1.50. The molecule has 3 aliphatic rings. The van der Waals surface area contributed by atoms with E-state index < -0.39 is 0 Å². The van der Waals surface area contributed by atoms with Crippen LogP contribution in [0, 0.1) is 17.8 Å². The predicted octanol–water partition coefficient (Wildman–Crippen LogP) is 2.84. The summed E-state index contributed by atoms with van der Waals surface area (Å²) in [5, 5.41) is 3.25. The van der Waals surface area contributed by atoms with Gasteiger partial charge in [-0.25, -0.2) is 0 Å². The van der Waals surface area contributed by atoms with Crippen molar-refractivity contribution in [2.75, 3.05) is 6.61 Å². The second-order valence-electron chi connectivity index (χ2n) is 6.12. The van der Waals surface area contributed by atoms with Gasteiger partial charge in [-0.3, -0.25) is 4.79 Å². The summed E-state index contributed by atoms with van der Waals surface area (Å²) in [4.78, 5) is 12.5. The lowest BCUT2D eigenvalue weighted by molar-refractivity contribution is -0.126. The van der Waals surface area contributed by atoms with E-state index in [0.29, 0.717) is 18.4 Å². The molecule has 20 heavy (non-hydrogen) atoms. The van der Waals surface area contributed by atoms with Gasteiger partial charge < -0.3 is 10.1 Å². The molecule has 1 heterocycles. The van der Waals surface area contributed by atoms with Crippen molar-refractivity contribution in [3.8, 4) is 5.75 Å². The molecule has 1 N–H and O–H groups in total. The molecule has 4 atom stereocenters. The van der Waals surface area contributed by atoms with Gasteiger partial charge in [0.2, 0.25) is 5.91 Å². The van der Waals surface area contributed by atoms with Gasteiger partial charge in [-0.15, -0.1) is 0 Å². The van der Waals surface area contributed by atoms with Crippen molar-refractivity contribution in [2.24, 2.45) is 17.8 Å². The summed E-state index contributed by atoms with van der Waals surface area (Å²) in [6.45, 7) is 0.679. The third kappa shape index (κ3) is 1.92. The first kappa shape index (κ1) is 12.0. The maximum absolute atomic E-state index is 12.5. The summed E-state index contributed by atoms with van der Waals surface area (Å²) in [6.07, 6.45) is 7.56. The molecular weight excluding hydrogens is 250 g/mol. The van der Waals surface area contributed by atoms with Gasteiger partial charge in [0.1, 0.15) is 5.75 Å². The van der Waals surface area contributed by atoms with Crippen LogP contribution in [0.1, 0.15) is 30.9 Å². The number of carbonyl (C=O) groups excluding carboxylic acids is 1. The zero-order chi connectivity index (χ0) is 13.5. The molecule has 4 unspecified atom stereocenters. The van der Waals surface area contributed by atoms with Crippen molar-refractivity contribution < 1.29 is 9.53 Å². The van der Waals surface area contributed by atoms with Crippen molar-refractivity contribution >= 4 is 5.91 Å². The molecule has 1 amide bonds. The van der Waals surface area contributed by atoms with Crippen LogP contribution in [0.2, 0.25) is 0 Å². The Kier molecular flexibility index (Phi) is 2.79. The highest BCUT2D eigenvalue weighted by molar-refractivity contribution is 5.80. The van der Waals surface area contributed by atoms with E-state index >= 15 is 0 Å². The Morgan fingerprint density at radius 2 is 2.10 bits per heavy atom. The fourth-order valence-corrected chi connectivity index (χ4v) is 3.85. The zero-order valence-electron chi connectivity index (χ0n) is 11.4. The lowest BCUT2D eigenvalue weighted by atomic mass is 9.91. The van der Waals surface area contributed by atoms with Crippen LogP contribution in [0.15, 0.2) is 36.4 Å². The monoisotopic (exact) mass is 269 g/mol. The summed E-state index contributed by atoms with van der Waals surface area (Å²) >= 11 is 0. The number of benzene rings is 1. The average molecular weight is 269 g/mol. The minimum Gasteiger partial charge on any atom is -0.493 e. The lowest BCUT2D eigenvalue weighted by Crippen LogP contribution is -2.37. The third-order valence-corrected chi connectivity index (χ3v) is 4.89. The van der Waals surface area contributed by atoms with Crippen LogP contribution in [0.25, 0.3) is 0 Å². The number of fused-ring (bicyclic) bond motifs is 3. The van der Waals surface area contributed by atoms with Gasteiger partial charge >= 0.3 is 0 Å². The molecule has 1 aromatic carbocycles. The van der Waals surface area contributed by atoms with Crippen molar-refractivity contribution in [3.63, 3.8) is 0 Å². The Morgan fingerprint density at radius 1 is 1.20 bits per heavy atom. The minimum atomic E-state index is 0.107. The molecule has 3 heteroatoms. The average Bonchev–Trinajstić information content (AvgIpc) is 3.10. The van der Waals surface area contributed by atoms with Crippen molar-refractivity contribution in [1.82, 2.24) is 5.32 Å². The number of hydrogen-bond donors (Lipinski definition) is 1. The van der Waals surface area contributed by atoms with Crippen LogP contribution in [0.4, 0.5) is 0 Å². The SMILES string of the molecule is O=C(NC1CCOc2ccccc21)C1CC2C=CC1C2. The van der Waals surface area contributed by atoms with Crippen LogP contribution >= 0.6 is 0 Å². The molecule has 4 rings (SSSR count). The van der Waals surface area contributed by atoms with Gasteiger partial charge in [0.15, 0.2) is 0 Å². The van der Waals surface area contributed by atoms with Crippen LogP contribution in [0.5, 0.6) is 5.75 Å². The minimum absolute atomic E-state index is 0.107. The van der Waals surface area contributed by atoms with E-state index in [1.54, 1.807) is 0 Å². The highest BCUT2D eigenvalue weighted by atomic mass is 16.5. The summed E-state index contributed by atoms with van der Waals surface area (Å²) < 4.78 is 5.65. The summed E-state index contributed by atoms with van der Waals surface area (Å²) in [5.41, 5.74) is 1.12. The van der Waals surface area contributed by atoms with E-state index in [9.17, 15) is 4.79 Å². The molecular formula is C17H19NO2. The summed E-state index contributed by atoms with van der Waals surface area (Å²) in [6, 6.07) is 8.13. The lowest BCUT2D eigenvalue weighted by Gasteiger charge is -2.28. The molecule has 2 aliphatic carbocycles. The molecule has 1 fully saturated rings. The molecule has 2 bridgehead atoms. The van der Waals surface area contributed by atoms with Crippen molar-refractivity contribution in [2.45, 2.75) is 25.3 Å². The fraction of sp³-hybridized carbons (Fsp3) is 0.471. The van der Waals surface area contributed by atoms with Gasteiger partial charge in [-0.05, 0) is 30.7 Å². The van der Waals surface area contributed by atoms with Crippen molar-refractivity contribution in [1.29, 1.82) is 0 Å². The number of para-hydroxylation sites is 1. The second-order valence-corrected chi connectivity index (χ2v) is 6.12. The largest absolute Gasteiger partial charge is 0.493 e. The topological polar surface area (TPSA) is 38.3 Å². The summed E-state index contributed by atoms with van der Waals surface area (Å²) in [7, 11) is 0. The Bertz CT molecular complexity index is 566. The first-order valence-electron chi connectivity index (χ1n) is 7.51. The smallest absolute Gasteiger partial charge is 0.224 e. The van der Waals surface area contributed by atoms with Crippen LogP contribution < -0.4 is 10.1 Å². The molecule has 0 spiro atoms. The van der Waals surface area contributed by atoms with Gasteiger partial charge in [0, 0.05) is 17.9 Å². The van der Waals surface area contributed by atoms with Gasteiger partial charge in [-0.1, -0.05) is 30.4 Å². The summed E-state index contributed by atoms with van der Waals surface area (Å²) in [5.74, 6) is 2.42. The molecule has 0 radical (unpaired) electrons. The number of allylic oxidation sites excluding steroid dienone is 2. The number of carbonyl (C=O) groups is 1. The molecule has 104 valence electrons. The third-order valence-electron chi connectivity index (χ3n) is 4.89. The number of hydrogen-bond acceptors (Lipinski definition) is 2. The first-order chi connectivity index (χ1) is 9.81. The van der Waals surface area contributed by atoms with Crippen LogP contribution in [0.3, 0.4) is 0 Å². The van der Waals surface area contributed by atoms with E-state index in [2.05, 4.69) is 23.5 Å². The number of amides is 1. The molecule has 1 saturated carbocycles. The molecule has 0 aromatic heterocycles. The standard InChI is InChI=1S/C17H19NO2/c19-17(14-10-11-5-6-12(14)9-11)18-15-7-8-20-16-4-2-1-3-13(15)16/h1-6,11-12,14-15H,7-10H2,(H,18,19). The van der Waals surface area contributed by atoms with Crippen LogP contribution in [-0.4, -0.2) is 12.5 Å². The highest BCUT2D eigenvalue weighted by Crippen LogP contribution is 2.44. The number of nitrogens with one attached hydrogen (secondary N) is 1. The Hall–Kier alpha value is -1.77. The van der Waals surface area contributed by atoms with Gasteiger partial charge in [0.05, 0.1) is 12.6 Å². The van der Waals surface area contributed by atoms with Gasteiger partial charge in [0.25, 0.3) is 0 Å². The van der Waals surface area contributed by atoms with E-state index in [-0.39, 0.29) is 17.9 Å². The molecule has 1 aliphatic heterocycles. The number of ether oxygens (including phenoxy) is 1. The Morgan fingerprint density at radius 3 is 2.90 bits per heavy atom. The predicted molar refractivity (Wildman–Crippen MR) is 76.3 cm³/mol. The van der Waals surface area contributed by atoms with E-state index in [1.165, 1.54) is 6.42 Å². The number of rotatable bonds is 2. The second kappa shape index (κ2) is 4.65. The zero-order valence-corrected chi connectivity index (χ0v) is 11.4. The molecule has 3 nitrogen and oxygen atoms in total. The normalized spacial score (nSPS) is 33.6. The fourth-order valence-electron chi connectivity index (χ4n) is 3.85. The molecule has 0 saturated heterocycles. The van der Waals surface area contributed by atoms with Crippen LogP contribution in [-0.2, 0) is 4.79 Å². The van der Waals surface area contributed by atoms with E-state index in [4.69, 9.17) is 4.74 Å². The van der Waals surface area contributed by atoms with E-state index in [1.807, 2.05) is 18.2 Å². The first-order valence-corrected chi connectivity index (χ1v) is 7.51. The Labute approximate surface area is 119 Å². The van der Waals surface area contributed by atoms with Gasteiger partial charge in [-0.2, -0.15) is 0 Å². The highest BCUT2D eigenvalue weighted by Gasteiger charge is 2.40. The quantitative estimate of drug-likeness (QED) is 0.838. The maximum Gasteiger partial charge on any atom is 0.224 e. The maximum atomic E-state index is 12.5. The molecule has 1 aromatic rings. The van der Waals surface area contributed by atoms with Crippen molar-refractivity contribution in [3.05, 3.63) is 42.0 Å². The van der Waals surface area contributed by atoms with E-state index in [0.717, 1.165) is 24.2 Å².